The predicted octanol–water partition coefficient (Wildman–Crippen LogP) is -2.23. The Labute approximate surface area is 72.0 Å². The van der Waals surface area contributed by atoms with Crippen LogP contribution in [0.3, 0.4) is 0 Å². The van der Waals surface area contributed by atoms with Gasteiger partial charge in [0.1, 0.15) is 6.10 Å². The number of aliphatic hydroxyl groups excluding tert-OH is 3. The molecule has 0 aliphatic rings. The summed E-state index contributed by atoms with van der Waals surface area (Å²) in [6, 6.07) is -0.527. The van der Waals surface area contributed by atoms with E-state index in [1.165, 1.54) is 0 Å². The highest BCUT2D eigenvalue weighted by atomic mass is 16.4. The van der Waals surface area contributed by atoms with Crippen LogP contribution in [-0.2, 0) is 0 Å². The van der Waals surface area contributed by atoms with Crippen molar-refractivity contribution < 1.29 is 15.3 Å². The van der Waals surface area contributed by atoms with Crippen LogP contribution < -0.4 is 11.5 Å². The molecular formula is C7H18N2O3. The smallest absolute Gasteiger partial charge is 0.108 e. The van der Waals surface area contributed by atoms with Gasteiger partial charge < -0.3 is 26.8 Å². The summed E-state index contributed by atoms with van der Waals surface area (Å²) in [7, 11) is 0. The zero-order chi connectivity index (χ0) is 9.72. The van der Waals surface area contributed by atoms with Crippen molar-refractivity contribution in [1.82, 2.24) is 0 Å². The lowest BCUT2D eigenvalue weighted by atomic mass is 10.00. The van der Waals surface area contributed by atoms with E-state index in [-0.39, 0.29) is 6.54 Å². The van der Waals surface area contributed by atoms with E-state index in [2.05, 4.69) is 0 Å². The van der Waals surface area contributed by atoms with Crippen LogP contribution in [0.2, 0.25) is 0 Å². The molecule has 0 aliphatic carbocycles. The molecule has 4 atom stereocenters. The molecule has 0 aromatic rings. The first kappa shape index (κ1) is 11.8. The quantitative estimate of drug-likeness (QED) is 0.327. The molecule has 0 rings (SSSR count). The average Bonchev–Trinajstić information content (AvgIpc) is 2.12. The van der Waals surface area contributed by atoms with Gasteiger partial charge in [0.05, 0.1) is 12.2 Å². The first-order chi connectivity index (χ1) is 5.54. The molecule has 5 heteroatoms. The third-order valence-corrected chi connectivity index (χ3v) is 1.90. The van der Waals surface area contributed by atoms with E-state index < -0.39 is 24.4 Å². The number of hydrogen-bond donors (Lipinski definition) is 5. The van der Waals surface area contributed by atoms with Gasteiger partial charge in [-0.1, -0.05) is 6.92 Å². The Morgan fingerprint density at radius 3 is 2.00 bits per heavy atom. The summed E-state index contributed by atoms with van der Waals surface area (Å²) in [5, 5.41) is 27.6. The third-order valence-electron chi connectivity index (χ3n) is 1.90. The van der Waals surface area contributed by atoms with Crippen molar-refractivity contribution in [2.75, 3.05) is 6.54 Å². The Morgan fingerprint density at radius 2 is 1.67 bits per heavy atom. The van der Waals surface area contributed by atoms with E-state index in [1.54, 1.807) is 6.92 Å². The van der Waals surface area contributed by atoms with Gasteiger partial charge in [0.15, 0.2) is 0 Å². The lowest BCUT2D eigenvalue weighted by molar-refractivity contribution is -0.0642. The molecule has 0 spiro atoms. The molecule has 5 nitrogen and oxygen atoms in total. The molecular weight excluding hydrogens is 160 g/mol. The Morgan fingerprint density at radius 1 is 1.17 bits per heavy atom. The highest BCUT2D eigenvalue weighted by Crippen LogP contribution is 2.04. The van der Waals surface area contributed by atoms with Gasteiger partial charge in [0.2, 0.25) is 0 Å². The largest absolute Gasteiger partial charge is 0.389 e. The molecule has 0 saturated heterocycles. The summed E-state index contributed by atoms with van der Waals surface area (Å²) in [6.07, 6.45) is -2.95. The molecule has 7 N–H and O–H groups in total. The zero-order valence-electron chi connectivity index (χ0n) is 7.22. The standard InChI is InChI=1S/C7H18N2O3/c1-2-4(9)6(11)7(12)5(10)3-8/h4-7,10-12H,2-3,8-9H2,1H3. The molecule has 12 heavy (non-hydrogen) atoms. The maximum atomic E-state index is 9.30. The summed E-state index contributed by atoms with van der Waals surface area (Å²) in [5.41, 5.74) is 10.5. The lowest BCUT2D eigenvalue weighted by Gasteiger charge is -2.25. The minimum atomic E-state index is -1.26. The van der Waals surface area contributed by atoms with Gasteiger partial charge in [0.25, 0.3) is 0 Å². The van der Waals surface area contributed by atoms with E-state index in [9.17, 15) is 10.2 Å². The van der Waals surface area contributed by atoms with E-state index >= 15 is 0 Å². The fraction of sp³-hybridized carbons (Fsp3) is 1.00. The van der Waals surface area contributed by atoms with Gasteiger partial charge in [-0.2, -0.15) is 0 Å². The number of nitrogens with two attached hydrogens (primary N) is 2. The van der Waals surface area contributed by atoms with Crippen molar-refractivity contribution in [2.45, 2.75) is 37.7 Å². The monoisotopic (exact) mass is 178 g/mol. The van der Waals surface area contributed by atoms with Crippen molar-refractivity contribution in [3.8, 4) is 0 Å². The van der Waals surface area contributed by atoms with E-state index in [0.717, 1.165) is 0 Å². The molecule has 0 aliphatic heterocycles. The average molecular weight is 178 g/mol. The van der Waals surface area contributed by atoms with Crippen molar-refractivity contribution >= 4 is 0 Å². The normalized spacial score (nSPS) is 21.5. The fourth-order valence-electron chi connectivity index (χ4n) is 0.862. The van der Waals surface area contributed by atoms with Gasteiger partial charge in [-0.3, -0.25) is 0 Å². The van der Waals surface area contributed by atoms with Gasteiger partial charge in [-0.15, -0.1) is 0 Å². The Kier molecular flexibility index (Phi) is 5.36. The molecule has 74 valence electrons. The minimum Gasteiger partial charge on any atom is -0.389 e. The van der Waals surface area contributed by atoms with Crippen molar-refractivity contribution in [2.24, 2.45) is 11.5 Å². The first-order valence-electron chi connectivity index (χ1n) is 4.04. The van der Waals surface area contributed by atoms with Crippen LogP contribution in [0.5, 0.6) is 0 Å². The topological polar surface area (TPSA) is 113 Å². The Bertz CT molecular complexity index is 109. The second-order valence-electron chi connectivity index (χ2n) is 2.86. The molecule has 0 fully saturated rings. The van der Waals surface area contributed by atoms with Crippen molar-refractivity contribution in [3.05, 3.63) is 0 Å². The van der Waals surface area contributed by atoms with Crippen LogP contribution in [0.1, 0.15) is 13.3 Å². The summed E-state index contributed by atoms with van der Waals surface area (Å²) in [4.78, 5) is 0. The molecule has 0 aromatic heterocycles. The van der Waals surface area contributed by atoms with Crippen LogP contribution in [0, 0.1) is 0 Å². The molecule has 0 radical (unpaired) electrons. The van der Waals surface area contributed by atoms with Gasteiger partial charge in [-0.25, -0.2) is 0 Å². The van der Waals surface area contributed by atoms with Crippen LogP contribution >= 0.6 is 0 Å². The zero-order valence-corrected chi connectivity index (χ0v) is 7.22. The van der Waals surface area contributed by atoms with Crippen molar-refractivity contribution in [3.63, 3.8) is 0 Å². The highest BCUT2D eigenvalue weighted by molar-refractivity contribution is 4.82. The second kappa shape index (κ2) is 5.45. The van der Waals surface area contributed by atoms with Gasteiger partial charge in [0, 0.05) is 12.6 Å². The summed E-state index contributed by atoms with van der Waals surface area (Å²) in [6.45, 7) is 1.70. The molecule has 0 bridgehead atoms. The Hall–Kier alpha value is -0.200. The molecule has 4 unspecified atom stereocenters. The van der Waals surface area contributed by atoms with Gasteiger partial charge >= 0.3 is 0 Å². The molecule has 0 saturated carbocycles. The highest BCUT2D eigenvalue weighted by Gasteiger charge is 2.27. The molecule has 0 aromatic carbocycles. The van der Waals surface area contributed by atoms with Crippen LogP contribution in [0.4, 0.5) is 0 Å². The Balaban J connectivity index is 3.99. The maximum absolute atomic E-state index is 9.30. The van der Waals surface area contributed by atoms with Crippen LogP contribution in [-0.4, -0.2) is 46.2 Å². The number of hydrogen-bond acceptors (Lipinski definition) is 5. The number of rotatable bonds is 5. The summed E-state index contributed by atoms with van der Waals surface area (Å²) >= 11 is 0. The van der Waals surface area contributed by atoms with E-state index in [4.69, 9.17) is 16.6 Å². The van der Waals surface area contributed by atoms with E-state index in [1.807, 2.05) is 0 Å². The lowest BCUT2D eigenvalue weighted by Crippen LogP contribution is -2.49. The van der Waals surface area contributed by atoms with E-state index in [0.29, 0.717) is 6.42 Å². The first-order valence-corrected chi connectivity index (χ1v) is 4.04. The van der Waals surface area contributed by atoms with Crippen LogP contribution in [0.25, 0.3) is 0 Å². The maximum Gasteiger partial charge on any atom is 0.108 e. The minimum absolute atomic E-state index is 0.0886. The summed E-state index contributed by atoms with van der Waals surface area (Å²) < 4.78 is 0. The van der Waals surface area contributed by atoms with Crippen LogP contribution in [0.15, 0.2) is 0 Å². The molecule has 0 heterocycles. The summed E-state index contributed by atoms with van der Waals surface area (Å²) in [5.74, 6) is 0. The fourth-order valence-corrected chi connectivity index (χ4v) is 0.862. The second-order valence-corrected chi connectivity index (χ2v) is 2.86. The van der Waals surface area contributed by atoms with Gasteiger partial charge in [-0.05, 0) is 6.42 Å². The number of aliphatic hydroxyl groups is 3. The van der Waals surface area contributed by atoms with Crippen molar-refractivity contribution in [1.29, 1.82) is 0 Å². The third kappa shape index (κ3) is 3.04. The predicted molar refractivity (Wildman–Crippen MR) is 45.3 cm³/mol. The SMILES string of the molecule is CCC(N)C(O)C(O)C(O)CN. The molecule has 0 amide bonds.